The topological polar surface area (TPSA) is 75.9 Å². The summed E-state index contributed by atoms with van der Waals surface area (Å²) < 4.78 is 1.84. The van der Waals surface area contributed by atoms with Crippen LogP contribution in [0.1, 0.15) is 44.0 Å². The summed E-state index contributed by atoms with van der Waals surface area (Å²) >= 11 is 0. The van der Waals surface area contributed by atoms with E-state index in [0.29, 0.717) is 11.6 Å². The van der Waals surface area contributed by atoms with Crippen LogP contribution in [-0.2, 0) is 5.54 Å². The quantitative estimate of drug-likeness (QED) is 0.934. The number of piperidine rings is 1. The van der Waals surface area contributed by atoms with Crippen LogP contribution in [0.2, 0.25) is 0 Å². The molecule has 7 nitrogen and oxygen atoms in total. The molecule has 2 aromatic rings. The van der Waals surface area contributed by atoms with E-state index in [1.165, 1.54) is 0 Å². The second-order valence-electron chi connectivity index (χ2n) is 7.16. The molecule has 0 unspecified atom stereocenters. The maximum absolute atomic E-state index is 12.6. The molecule has 0 atom stereocenters. The number of aromatic nitrogens is 4. The van der Waals surface area contributed by atoms with Gasteiger partial charge in [-0.15, -0.1) is 5.10 Å². The van der Waals surface area contributed by atoms with Gasteiger partial charge in [0.25, 0.3) is 5.91 Å². The van der Waals surface area contributed by atoms with Gasteiger partial charge in [-0.1, -0.05) is 0 Å². The molecule has 0 aromatic carbocycles. The number of carbonyl (C=O) groups is 1. The molecule has 24 heavy (non-hydrogen) atoms. The minimum atomic E-state index is -0.119. The minimum absolute atomic E-state index is 0.0588. The van der Waals surface area contributed by atoms with Gasteiger partial charge in [-0.25, -0.2) is 0 Å². The maximum Gasteiger partial charge on any atom is 0.257 e. The Morgan fingerprint density at radius 3 is 2.62 bits per heavy atom. The third-order valence-electron chi connectivity index (χ3n) is 4.22. The van der Waals surface area contributed by atoms with Crippen molar-refractivity contribution in [2.75, 3.05) is 18.4 Å². The summed E-state index contributed by atoms with van der Waals surface area (Å²) in [4.78, 5) is 14.5. The van der Waals surface area contributed by atoms with Crippen LogP contribution in [0.3, 0.4) is 0 Å². The summed E-state index contributed by atoms with van der Waals surface area (Å²) in [7, 11) is 0. The van der Waals surface area contributed by atoms with Crippen LogP contribution < -0.4 is 5.32 Å². The summed E-state index contributed by atoms with van der Waals surface area (Å²) in [5.74, 6) is 0.845. The van der Waals surface area contributed by atoms with E-state index in [-0.39, 0.29) is 11.4 Å². The highest BCUT2D eigenvalue weighted by Crippen LogP contribution is 2.18. The number of hydrogen-bond donors (Lipinski definition) is 1. The Kier molecular flexibility index (Phi) is 4.51. The molecule has 1 aliphatic rings. The molecule has 0 bridgehead atoms. The molecule has 1 fully saturated rings. The normalized spacial score (nSPS) is 16.2. The van der Waals surface area contributed by atoms with E-state index in [4.69, 9.17) is 0 Å². The summed E-state index contributed by atoms with van der Waals surface area (Å²) in [6.07, 6.45) is 6.96. The fourth-order valence-corrected chi connectivity index (χ4v) is 2.80. The molecule has 0 aliphatic carbocycles. The van der Waals surface area contributed by atoms with Crippen LogP contribution >= 0.6 is 0 Å². The van der Waals surface area contributed by atoms with Crippen molar-refractivity contribution in [2.24, 2.45) is 0 Å². The molecule has 1 saturated heterocycles. The molecular formula is C17H24N6O. The molecule has 128 valence electrons. The van der Waals surface area contributed by atoms with E-state index < -0.39 is 0 Å². The molecule has 1 aliphatic heterocycles. The number of carbonyl (C=O) groups excluding carboxylic acids is 1. The Balaban J connectivity index is 1.56. The zero-order chi connectivity index (χ0) is 17.2. The van der Waals surface area contributed by atoms with Crippen molar-refractivity contribution in [3.05, 3.63) is 36.3 Å². The molecular weight excluding hydrogens is 304 g/mol. The Labute approximate surface area is 142 Å². The molecule has 2 aromatic heterocycles. The Morgan fingerprint density at radius 2 is 2.04 bits per heavy atom. The first-order chi connectivity index (χ1) is 11.4. The van der Waals surface area contributed by atoms with Crippen molar-refractivity contribution < 1.29 is 4.79 Å². The van der Waals surface area contributed by atoms with E-state index in [1.54, 1.807) is 12.4 Å². The van der Waals surface area contributed by atoms with E-state index in [0.717, 1.165) is 31.7 Å². The SMILES string of the molecule is CC(C)(C)n1cc(C(=O)N2CCC(Nc3cccnn3)CC2)cn1. The van der Waals surface area contributed by atoms with Crippen molar-refractivity contribution >= 4 is 11.7 Å². The number of anilines is 1. The lowest BCUT2D eigenvalue weighted by Gasteiger charge is -2.32. The molecule has 0 saturated carbocycles. The van der Waals surface area contributed by atoms with Crippen LogP contribution in [0.15, 0.2) is 30.7 Å². The first-order valence-corrected chi connectivity index (χ1v) is 8.32. The summed E-state index contributed by atoms with van der Waals surface area (Å²) in [5, 5.41) is 15.6. The van der Waals surface area contributed by atoms with Crippen molar-refractivity contribution in [3.63, 3.8) is 0 Å². The van der Waals surface area contributed by atoms with Gasteiger partial charge in [0.2, 0.25) is 0 Å². The first kappa shape index (κ1) is 16.4. The summed E-state index contributed by atoms with van der Waals surface area (Å²) in [5.41, 5.74) is 0.539. The lowest BCUT2D eigenvalue weighted by molar-refractivity contribution is 0.0718. The molecule has 3 heterocycles. The molecule has 1 amide bonds. The van der Waals surface area contributed by atoms with Gasteiger partial charge < -0.3 is 10.2 Å². The summed E-state index contributed by atoms with van der Waals surface area (Å²) in [6, 6.07) is 4.09. The fraction of sp³-hybridized carbons (Fsp3) is 0.529. The highest BCUT2D eigenvalue weighted by molar-refractivity contribution is 5.93. The van der Waals surface area contributed by atoms with Gasteiger partial charge in [-0.3, -0.25) is 9.48 Å². The monoisotopic (exact) mass is 328 g/mol. The van der Waals surface area contributed by atoms with Crippen LogP contribution in [0.5, 0.6) is 0 Å². The van der Waals surface area contributed by atoms with Gasteiger partial charge in [0.1, 0.15) is 5.82 Å². The van der Waals surface area contributed by atoms with Crippen LogP contribution in [-0.4, -0.2) is 49.9 Å². The summed E-state index contributed by atoms with van der Waals surface area (Å²) in [6.45, 7) is 7.67. The number of amides is 1. The predicted octanol–water partition coefficient (Wildman–Crippen LogP) is 2.14. The van der Waals surface area contributed by atoms with E-state index in [2.05, 4.69) is 41.4 Å². The van der Waals surface area contributed by atoms with Gasteiger partial charge in [-0.2, -0.15) is 10.2 Å². The number of hydrogen-bond acceptors (Lipinski definition) is 5. The van der Waals surface area contributed by atoms with Gasteiger partial charge in [0.15, 0.2) is 0 Å². The van der Waals surface area contributed by atoms with Gasteiger partial charge in [0, 0.05) is 31.5 Å². The third kappa shape index (κ3) is 3.72. The standard InChI is InChI=1S/C17H24N6O/c1-17(2,3)23-12-13(11-19-23)16(24)22-9-6-14(7-10-22)20-15-5-4-8-18-21-15/h4-5,8,11-12,14H,6-7,9-10H2,1-3H3,(H,20,21). The fourth-order valence-electron chi connectivity index (χ4n) is 2.80. The van der Waals surface area contributed by atoms with Crippen molar-refractivity contribution in [1.29, 1.82) is 0 Å². The van der Waals surface area contributed by atoms with Crippen molar-refractivity contribution in [2.45, 2.75) is 45.2 Å². The average Bonchev–Trinajstić information content (AvgIpc) is 3.06. The molecule has 1 N–H and O–H groups in total. The Hall–Kier alpha value is -2.44. The number of nitrogens with zero attached hydrogens (tertiary/aromatic N) is 5. The van der Waals surface area contributed by atoms with E-state index in [1.807, 2.05) is 27.9 Å². The van der Waals surface area contributed by atoms with Gasteiger partial charge in [0.05, 0.1) is 17.3 Å². The lowest BCUT2D eigenvalue weighted by Crippen LogP contribution is -2.42. The molecule has 3 rings (SSSR count). The lowest BCUT2D eigenvalue weighted by atomic mass is 10.0. The van der Waals surface area contributed by atoms with E-state index >= 15 is 0 Å². The van der Waals surface area contributed by atoms with Crippen LogP contribution in [0.4, 0.5) is 5.82 Å². The number of rotatable bonds is 3. The molecule has 0 radical (unpaired) electrons. The predicted molar refractivity (Wildman–Crippen MR) is 91.8 cm³/mol. The van der Waals surface area contributed by atoms with E-state index in [9.17, 15) is 4.79 Å². The maximum atomic E-state index is 12.6. The Morgan fingerprint density at radius 1 is 1.29 bits per heavy atom. The number of nitrogens with one attached hydrogen (secondary N) is 1. The van der Waals surface area contributed by atoms with Crippen LogP contribution in [0.25, 0.3) is 0 Å². The van der Waals surface area contributed by atoms with Gasteiger partial charge in [-0.05, 0) is 45.7 Å². The number of likely N-dealkylation sites (tertiary alicyclic amines) is 1. The largest absolute Gasteiger partial charge is 0.366 e. The zero-order valence-corrected chi connectivity index (χ0v) is 14.4. The zero-order valence-electron chi connectivity index (χ0n) is 14.4. The van der Waals surface area contributed by atoms with Gasteiger partial charge >= 0.3 is 0 Å². The van der Waals surface area contributed by atoms with Crippen molar-refractivity contribution in [3.8, 4) is 0 Å². The molecule has 7 heteroatoms. The minimum Gasteiger partial charge on any atom is -0.366 e. The first-order valence-electron chi connectivity index (χ1n) is 8.32. The van der Waals surface area contributed by atoms with Crippen molar-refractivity contribution in [1.82, 2.24) is 24.9 Å². The highest BCUT2D eigenvalue weighted by Gasteiger charge is 2.25. The Bertz CT molecular complexity index is 683. The molecule has 0 spiro atoms. The average molecular weight is 328 g/mol. The highest BCUT2D eigenvalue weighted by atomic mass is 16.2. The smallest absolute Gasteiger partial charge is 0.257 e. The second-order valence-corrected chi connectivity index (χ2v) is 7.16. The third-order valence-corrected chi connectivity index (χ3v) is 4.22. The van der Waals surface area contributed by atoms with Crippen LogP contribution in [0, 0.1) is 0 Å². The second kappa shape index (κ2) is 6.59.